The molecule has 2 N–H and O–H groups in total. The number of aliphatic carboxylic acids is 1. The molecule has 0 aliphatic carbocycles. The highest BCUT2D eigenvalue weighted by Gasteiger charge is 2.12. The third-order valence-electron chi connectivity index (χ3n) is 2.87. The Balaban J connectivity index is 2.79. The van der Waals surface area contributed by atoms with Gasteiger partial charge in [-0.15, -0.1) is 0 Å². The maximum atomic E-state index is 13.8. The van der Waals surface area contributed by atoms with Crippen LogP contribution >= 0.6 is 0 Å². The van der Waals surface area contributed by atoms with Crippen molar-refractivity contribution in [2.24, 2.45) is 5.92 Å². The Morgan fingerprint density at radius 3 is 2.52 bits per heavy atom. The topological polar surface area (TPSA) is 66.4 Å². The van der Waals surface area contributed by atoms with Crippen LogP contribution in [0.25, 0.3) is 6.08 Å². The Morgan fingerprint density at radius 2 is 2.00 bits per heavy atom. The predicted octanol–water partition coefficient (Wildman–Crippen LogP) is 3.09. The van der Waals surface area contributed by atoms with E-state index in [4.69, 9.17) is 5.11 Å². The first kappa shape index (κ1) is 16.9. The van der Waals surface area contributed by atoms with Crippen LogP contribution in [0.2, 0.25) is 0 Å². The Labute approximate surface area is 123 Å². The Morgan fingerprint density at radius 1 is 1.33 bits per heavy atom. The lowest BCUT2D eigenvalue weighted by molar-refractivity contribution is -0.131. The van der Waals surface area contributed by atoms with Gasteiger partial charge in [0, 0.05) is 23.2 Å². The summed E-state index contributed by atoms with van der Waals surface area (Å²) in [6.07, 6.45) is 2.84. The average molecular weight is 293 g/mol. The third kappa shape index (κ3) is 5.77. The van der Waals surface area contributed by atoms with Gasteiger partial charge >= 0.3 is 5.97 Å². The molecule has 0 saturated carbocycles. The summed E-state index contributed by atoms with van der Waals surface area (Å²) in [5.74, 6) is -1.66. The van der Waals surface area contributed by atoms with Crippen molar-refractivity contribution < 1.29 is 19.1 Å². The minimum atomic E-state index is -1.15. The molecule has 0 aliphatic heterocycles. The van der Waals surface area contributed by atoms with Crippen LogP contribution in [0, 0.1) is 11.7 Å². The maximum Gasteiger partial charge on any atom is 0.328 e. The minimum absolute atomic E-state index is 0.00661. The average Bonchev–Trinajstić information content (AvgIpc) is 2.35. The van der Waals surface area contributed by atoms with Gasteiger partial charge < -0.3 is 10.4 Å². The van der Waals surface area contributed by atoms with Crippen LogP contribution in [0.15, 0.2) is 24.3 Å². The largest absolute Gasteiger partial charge is 0.478 e. The monoisotopic (exact) mass is 293 g/mol. The van der Waals surface area contributed by atoms with Crippen molar-refractivity contribution in [1.82, 2.24) is 5.32 Å². The van der Waals surface area contributed by atoms with Crippen LogP contribution < -0.4 is 5.32 Å². The number of hydrogen-bond acceptors (Lipinski definition) is 2. The normalized spacial score (nSPS) is 12.6. The number of hydrogen-bond donors (Lipinski definition) is 2. The molecule has 0 aliphatic rings. The number of carbonyl (C=O) groups is 2. The lowest BCUT2D eigenvalue weighted by atomic mass is 10.0. The first-order valence-corrected chi connectivity index (χ1v) is 6.81. The summed E-state index contributed by atoms with van der Waals surface area (Å²) in [5, 5.41) is 11.3. The number of carbonyl (C=O) groups excluding carboxylic acids is 1. The van der Waals surface area contributed by atoms with E-state index in [0.717, 1.165) is 24.6 Å². The summed E-state index contributed by atoms with van der Waals surface area (Å²) in [6, 6.07) is 3.98. The van der Waals surface area contributed by atoms with Crippen molar-refractivity contribution in [3.05, 3.63) is 41.2 Å². The fourth-order valence-corrected chi connectivity index (χ4v) is 2.04. The molecule has 114 valence electrons. The fourth-order valence-electron chi connectivity index (χ4n) is 2.04. The number of carboxylic acids is 1. The van der Waals surface area contributed by atoms with E-state index >= 15 is 0 Å². The number of carboxylic acid groups (broad SMARTS) is 1. The first-order valence-electron chi connectivity index (χ1n) is 6.81. The van der Waals surface area contributed by atoms with E-state index in [1.54, 1.807) is 0 Å². The molecule has 0 spiro atoms. The van der Waals surface area contributed by atoms with Crippen molar-refractivity contribution in [3.63, 3.8) is 0 Å². The van der Waals surface area contributed by atoms with Crippen LogP contribution in [0.3, 0.4) is 0 Å². The second-order valence-electron chi connectivity index (χ2n) is 5.41. The van der Waals surface area contributed by atoms with Gasteiger partial charge in [0.25, 0.3) is 5.91 Å². The Kier molecular flexibility index (Phi) is 6.09. The SMILES string of the molecule is CC(C)CC(C)NC(=O)c1ccc(C=CC(=O)O)c(F)c1. The summed E-state index contributed by atoms with van der Waals surface area (Å²) in [7, 11) is 0. The second-order valence-corrected chi connectivity index (χ2v) is 5.41. The minimum Gasteiger partial charge on any atom is -0.478 e. The quantitative estimate of drug-likeness (QED) is 0.792. The molecule has 0 bridgehead atoms. The summed E-state index contributed by atoms with van der Waals surface area (Å²) in [6.45, 7) is 6.02. The lowest BCUT2D eigenvalue weighted by Crippen LogP contribution is -2.33. The molecular formula is C16H20FNO3. The number of rotatable bonds is 6. The lowest BCUT2D eigenvalue weighted by Gasteiger charge is -2.16. The highest BCUT2D eigenvalue weighted by Crippen LogP contribution is 2.13. The van der Waals surface area contributed by atoms with Gasteiger partial charge in [0.15, 0.2) is 0 Å². The number of nitrogens with one attached hydrogen (secondary N) is 1. The molecule has 0 aromatic heterocycles. The van der Waals surface area contributed by atoms with E-state index in [1.807, 2.05) is 6.92 Å². The van der Waals surface area contributed by atoms with Crippen molar-refractivity contribution >= 4 is 18.0 Å². The summed E-state index contributed by atoms with van der Waals surface area (Å²) in [5.41, 5.74) is 0.347. The molecule has 1 aromatic rings. The highest BCUT2D eigenvalue weighted by atomic mass is 19.1. The standard InChI is InChI=1S/C16H20FNO3/c1-10(2)8-11(3)18-16(21)13-5-4-12(14(17)9-13)6-7-15(19)20/h4-7,9-11H,8H2,1-3H3,(H,18,21)(H,19,20). The van der Waals surface area contributed by atoms with Crippen LogP contribution in [-0.2, 0) is 4.79 Å². The van der Waals surface area contributed by atoms with Crippen LogP contribution in [0.5, 0.6) is 0 Å². The van der Waals surface area contributed by atoms with Gasteiger partial charge in [-0.2, -0.15) is 0 Å². The van der Waals surface area contributed by atoms with Gasteiger partial charge in [-0.05, 0) is 37.5 Å². The van der Waals surface area contributed by atoms with E-state index in [1.165, 1.54) is 12.1 Å². The van der Waals surface area contributed by atoms with E-state index in [-0.39, 0.29) is 23.1 Å². The van der Waals surface area contributed by atoms with Gasteiger partial charge in [0.1, 0.15) is 5.82 Å². The molecule has 4 nitrogen and oxygen atoms in total. The molecule has 1 amide bonds. The zero-order valence-corrected chi connectivity index (χ0v) is 12.4. The zero-order chi connectivity index (χ0) is 16.0. The molecular weight excluding hydrogens is 273 g/mol. The summed E-state index contributed by atoms with van der Waals surface area (Å²) >= 11 is 0. The number of amides is 1. The van der Waals surface area contributed by atoms with Gasteiger partial charge in [0.2, 0.25) is 0 Å². The molecule has 1 rings (SSSR count). The number of halogens is 1. The van der Waals surface area contributed by atoms with Gasteiger partial charge in [-0.25, -0.2) is 9.18 Å². The first-order chi connectivity index (χ1) is 9.79. The van der Waals surface area contributed by atoms with Crippen molar-refractivity contribution in [2.75, 3.05) is 0 Å². The van der Waals surface area contributed by atoms with E-state index in [0.29, 0.717) is 5.92 Å². The maximum absolute atomic E-state index is 13.8. The zero-order valence-electron chi connectivity index (χ0n) is 12.4. The van der Waals surface area contributed by atoms with E-state index in [9.17, 15) is 14.0 Å². The fraction of sp³-hybridized carbons (Fsp3) is 0.375. The van der Waals surface area contributed by atoms with Gasteiger partial charge in [-0.1, -0.05) is 19.9 Å². The Hall–Kier alpha value is -2.17. The van der Waals surface area contributed by atoms with Gasteiger partial charge in [0.05, 0.1) is 0 Å². The molecule has 0 saturated heterocycles. The number of benzene rings is 1. The Bertz CT molecular complexity index is 552. The van der Waals surface area contributed by atoms with Gasteiger partial charge in [-0.3, -0.25) is 4.79 Å². The third-order valence-corrected chi connectivity index (χ3v) is 2.87. The molecule has 21 heavy (non-hydrogen) atoms. The molecule has 0 fully saturated rings. The molecule has 1 aromatic carbocycles. The van der Waals surface area contributed by atoms with Crippen LogP contribution in [0.4, 0.5) is 4.39 Å². The van der Waals surface area contributed by atoms with Crippen LogP contribution in [0.1, 0.15) is 43.1 Å². The smallest absolute Gasteiger partial charge is 0.328 e. The van der Waals surface area contributed by atoms with Crippen molar-refractivity contribution in [3.8, 4) is 0 Å². The molecule has 0 radical (unpaired) electrons. The van der Waals surface area contributed by atoms with Crippen LogP contribution in [-0.4, -0.2) is 23.0 Å². The van der Waals surface area contributed by atoms with E-state index in [2.05, 4.69) is 19.2 Å². The molecule has 5 heteroatoms. The summed E-state index contributed by atoms with van der Waals surface area (Å²) in [4.78, 5) is 22.4. The van der Waals surface area contributed by atoms with Crippen molar-refractivity contribution in [2.45, 2.75) is 33.2 Å². The molecule has 1 unspecified atom stereocenters. The second kappa shape index (κ2) is 7.57. The van der Waals surface area contributed by atoms with Crippen molar-refractivity contribution in [1.29, 1.82) is 0 Å². The predicted molar refractivity (Wildman–Crippen MR) is 79.5 cm³/mol. The van der Waals surface area contributed by atoms with E-state index < -0.39 is 11.8 Å². The molecule has 0 heterocycles. The molecule has 1 atom stereocenters. The summed E-state index contributed by atoms with van der Waals surface area (Å²) < 4.78 is 13.8. The highest BCUT2D eigenvalue weighted by molar-refractivity contribution is 5.94.